The first kappa shape index (κ1) is 12.6. The van der Waals surface area contributed by atoms with Crippen molar-refractivity contribution >= 4 is 11.0 Å². The predicted octanol–water partition coefficient (Wildman–Crippen LogP) is 3.21. The first-order valence-corrected chi connectivity index (χ1v) is 6.15. The van der Waals surface area contributed by atoms with Gasteiger partial charge in [0, 0.05) is 0 Å². The van der Waals surface area contributed by atoms with Crippen LogP contribution in [0.3, 0.4) is 0 Å². The van der Waals surface area contributed by atoms with E-state index in [1.165, 1.54) is 6.07 Å². The molecule has 3 aromatic rings. The summed E-state index contributed by atoms with van der Waals surface area (Å²) in [6, 6.07) is 7.81. The summed E-state index contributed by atoms with van der Waals surface area (Å²) in [5.74, 6) is -2.00. The molecule has 102 valence electrons. The highest BCUT2D eigenvalue weighted by atomic mass is 19.2. The van der Waals surface area contributed by atoms with Gasteiger partial charge in [-0.15, -0.1) is 0 Å². The molecule has 0 bridgehead atoms. The van der Waals surface area contributed by atoms with E-state index >= 15 is 0 Å². The first-order chi connectivity index (χ1) is 9.47. The van der Waals surface area contributed by atoms with Crippen LogP contribution in [0.1, 0.15) is 11.1 Å². The van der Waals surface area contributed by atoms with Gasteiger partial charge in [-0.05, 0) is 49.2 Å². The number of benzene rings is 2. The number of hydrogen-bond donors (Lipinski definition) is 1. The number of aryl methyl sites for hydroxylation is 2. The molecule has 3 nitrogen and oxygen atoms in total. The van der Waals surface area contributed by atoms with E-state index in [4.69, 9.17) is 0 Å². The van der Waals surface area contributed by atoms with Crippen molar-refractivity contribution < 1.29 is 8.78 Å². The Morgan fingerprint density at radius 3 is 2.35 bits per heavy atom. The van der Waals surface area contributed by atoms with Crippen molar-refractivity contribution in [3.63, 3.8) is 0 Å². The molecule has 1 N–H and O–H groups in total. The molecule has 0 unspecified atom stereocenters. The molecule has 5 heteroatoms. The number of rotatable bonds is 1. The third kappa shape index (κ3) is 1.82. The summed E-state index contributed by atoms with van der Waals surface area (Å²) in [5, 5.41) is 0. The second kappa shape index (κ2) is 4.30. The molecule has 0 radical (unpaired) electrons. The molecule has 1 heterocycles. The molecule has 0 aliphatic carbocycles. The van der Waals surface area contributed by atoms with Crippen molar-refractivity contribution in [2.75, 3.05) is 0 Å². The second-order valence-corrected chi connectivity index (χ2v) is 4.87. The first-order valence-electron chi connectivity index (χ1n) is 6.15. The van der Waals surface area contributed by atoms with E-state index in [0.717, 1.165) is 21.8 Å². The van der Waals surface area contributed by atoms with Crippen LogP contribution in [0.2, 0.25) is 0 Å². The van der Waals surface area contributed by atoms with E-state index in [9.17, 15) is 13.6 Å². The van der Waals surface area contributed by atoms with Crippen molar-refractivity contribution in [3.05, 3.63) is 63.6 Å². The Hall–Kier alpha value is -2.43. The van der Waals surface area contributed by atoms with Crippen molar-refractivity contribution in [1.29, 1.82) is 0 Å². The topological polar surface area (TPSA) is 37.8 Å². The Morgan fingerprint density at radius 2 is 1.70 bits per heavy atom. The summed E-state index contributed by atoms with van der Waals surface area (Å²) < 4.78 is 28.6. The average Bonchev–Trinajstić information content (AvgIpc) is 2.70. The van der Waals surface area contributed by atoms with Crippen LogP contribution in [0.4, 0.5) is 8.78 Å². The minimum Gasteiger partial charge on any atom is -0.305 e. The normalized spacial score (nSPS) is 11.2. The highest BCUT2D eigenvalue weighted by Crippen LogP contribution is 2.22. The summed E-state index contributed by atoms with van der Waals surface area (Å²) >= 11 is 0. The van der Waals surface area contributed by atoms with E-state index in [1.54, 1.807) is 12.1 Å². The van der Waals surface area contributed by atoms with Crippen LogP contribution < -0.4 is 5.69 Å². The van der Waals surface area contributed by atoms with Crippen LogP contribution >= 0.6 is 0 Å². The Kier molecular flexibility index (Phi) is 2.71. The Balaban J connectivity index is 2.44. The fraction of sp³-hybridized carbons (Fsp3) is 0.133. The van der Waals surface area contributed by atoms with Gasteiger partial charge in [-0.25, -0.2) is 13.6 Å². The number of halogens is 2. The molecular weight excluding hydrogens is 262 g/mol. The van der Waals surface area contributed by atoms with Gasteiger partial charge in [-0.2, -0.15) is 0 Å². The fourth-order valence-electron chi connectivity index (χ4n) is 2.46. The van der Waals surface area contributed by atoms with Crippen molar-refractivity contribution in [3.8, 4) is 5.69 Å². The molecule has 0 atom stereocenters. The lowest BCUT2D eigenvalue weighted by Gasteiger charge is -2.07. The zero-order chi connectivity index (χ0) is 14.4. The summed E-state index contributed by atoms with van der Waals surface area (Å²) in [6.07, 6.45) is 0. The standard InChI is InChI=1S/C15H12F2N2O/c1-8-5-9(2)7-10(6-8)19-14-12(18-15(19)20)4-3-11(16)13(14)17/h3-7H,1-2H3,(H,18,20). The van der Waals surface area contributed by atoms with Crippen molar-refractivity contribution in [1.82, 2.24) is 9.55 Å². The monoisotopic (exact) mass is 274 g/mol. The lowest BCUT2D eigenvalue weighted by molar-refractivity contribution is 0.514. The van der Waals surface area contributed by atoms with Gasteiger partial charge in [0.05, 0.1) is 11.2 Å². The Morgan fingerprint density at radius 1 is 1.05 bits per heavy atom. The minimum absolute atomic E-state index is 0.0694. The molecule has 0 fully saturated rings. The van der Waals surface area contributed by atoms with Crippen LogP contribution in [-0.2, 0) is 0 Å². The Labute approximate surface area is 113 Å². The van der Waals surface area contributed by atoms with Gasteiger partial charge in [-0.3, -0.25) is 4.57 Å². The van der Waals surface area contributed by atoms with Gasteiger partial charge in [0.2, 0.25) is 0 Å². The second-order valence-electron chi connectivity index (χ2n) is 4.87. The third-order valence-electron chi connectivity index (χ3n) is 3.20. The number of nitrogens with one attached hydrogen (secondary N) is 1. The number of imidazole rings is 1. The van der Waals surface area contributed by atoms with Gasteiger partial charge in [0.15, 0.2) is 11.6 Å². The summed E-state index contributed by atoms with van der Waals surface area (Å²) in [4.78, 5) is 14.6. The molecule has 0 saturated heterocycles. The maximum atomic E-state index is 14.0. The molecule has 3 rings (SSSR count). The molecular formula is C15H12F2N2O. The number of nitrogens with zero attached hydrogens (tertiary/aromatic N) is 1. The van der Waals surface area contributed by atoms with Gasteiger partial charge in [-0.1, -0.05) is 6.07 Å². The molecule has 0 amide bonds. The highest BCUT2D eigenvalue weighted by molar-refractivity contribution is 5.78. The lowest BCUT2D eigenvalue weighted by Crippen LogP contribution is -2.15. The Bertz CT molecular complexity index is 857. The smallest absolute Gasteiger partial charge is 0.305 e. The summed E-state index contributed by atoms with van der Waals surface area (Å²) in [7, 11) is 0. The number of H-pyrrole nitrogens is 1. The zero-order valence-corrected chi connectivity index (χ0v) is 11.0. The van der Waals surface area contributed by atoms with E-state index in [1.807, 2.05) is 19.9 Å². The maximum absolute atomic E-state index is 14.0. The van der Waals surface area contributed by atoms with Crippen LogP contribution in [0.25, 0.3) is 16.7 Å². The number of aromatic amines is 1. The van der Waals surface area contributed by atoms with E-state index in [-0.39, 0.29) is 11.0 Å². The summed E-state index contributed by atoms with van der Waals surface area (Å²) in [5.41, 5.74) is 2.11. The average molecular weight is 274 g/mol. The molecule has 0 spiro atoms. The van der Waals surface area contributed by atoms with E-state index in [0.29, 0.717) is 5.69 Å². The van der Waals surface area contributed by atoms with Crippen LogP contribution in [-0.4, -0.2) is 9.55 Å². The third-order valence-corrected chi connectivity index (χ3v) is 3.20. The maximum Gasteiger partial charge on any atom is 0.331 e. The SMILES string of the molecule is Cc1cc(C)cc(-n2c(=O)[nH]c3ccc(F)c(F)c32)c1. The van der Waals surface area contributed by atoms with Crippen molar-refractivity contribution in [2.24, 2.45) is 0 Å². The molecule has 20 heavy (non-hydrogen) atoms. The van der Waals surface area contributed by atoms with Crippen molar-refractivity contribution in [2.45, 2.75) is 13.8 Å². The largest absolute Gasteiger partial charge is 0.331 e. The van der Waals surface area contributed by atoms with Gasteiger partial charge < -0.3 is 4.98 Å². The molecule has 0 aliphatic rings. The fourth-order valence-corrected chi connectivity index (χ4v) is 2.46. The highest BCUT2D eigenvalue weighted by Gasteiger charge is 2.16. The zero-order valence-electron chi connectivity index (χ0n) is 11.0. The summed E-state index contributed by atoms with van der Waals surface area (Å²) in [6.45, 7) is 3.76. The van der Waals surface area contributed by atoms with E-state index < -0.39 is 17.3 Å². The lowest BCUT2D eigenvalue weighted by atomic mass is 10.1. The number of fused-ring (bicyclic) bond motifs is 1. The molecule has 1 aromatic heterocycles. The van der Waals surface area contributed by atoms with Gasteiger partial charge >= 0.3 is 5.69 Å². The quantitative estimate of drug-likeness (QED) is 0.727. The van der Waals surface area contributed by atoms with Crippen LogP contribution in [0.15, 0.2) is 35.1 Å². The van der Waals surface area contributed by atoms with E-state index in [2.05, 4.69) is 4.98 Å². The number of aromatic nitrogens is 2. The molecule has 0 aliphatic heterocycles. The van der Waals surface area contributed by atoms with Crippen LogP contribution in [0, 0.1) is 25.5 Å². The number of hydrogen-bond acceptors (Lipinski definition) is 1. The van der Waals surface area contributed by atoms with Gasteiger partial charge in [0.25, 0.3) is 0 Å². The predicted molar refractivity (Wildman–Crippen MR) is 73.3 cm³/mol. The van der Waals surface area contributed by atoms with Gasteiger partial charge in [0.1, 0.15) is 5.52 Å². The molecule has 0 saturated carbocycles. The molecule has 2 aromatic carbocycles. The minimum atomic E-state index is -1.03. The van der Waals surface area contributed by atoms with Crippen LogP contribution in [0.5, 0.6) is 0 Å².